The van der Waals surface area contributed by atoms with Crippen molar-refractivity contribution < 1.29 is 27.4 Å². The Morgan fingerprint density at radius 1 is 0.933 bits per heavy atom. The molecule has 1 N–H and O–H groups in total. The Labute approximate surface area is 177 Å². The first kappa shape index (κ1) is 23.3. The van der Waals surface area contributed by atoms with Crippen molar-refractivity contribution in [2.24, 2.45) is 0 Å². The van der Waals surface area contributed by atoms with Crippen LogP contribution in [0.4, 0.5) is 5.69 Å². The summed E-state index contributed by atoms with van der Waals surface area (Å²) in [6.45, 7) is 3.33. The first-order valence-electron chi connectivity index (χ1n) is 9.28. The lowest BCUT2D eigenvalue weighted by Gasteiger charge is -2.29. The van der Waals surface area contributed by atoms with Crippen molar-refractivity contribution >= 4 is 21.6 Å². The maximum Gasteiger partial charge on any atom is 0.244 e. The van der Waals surface area contributed by atoms with E-state index in [1.54, 1.807) is 56.5 Å². The van der Waals surface area contributed by atoms with Crippen molar-refractivity contribution in [1.29, 1.82) is 0 Å². The summed E-state index contributed by atoms with van der Waals surface area (Å²) in [7, 11) is 0.893. The number of ether oxygens (including phenoxy) is 3. The molecule has 1 amide bonds. The quantitative estimate of drug-likeness (QED) is 0.650. The molecule has 0 aliphatic carbocycles. The molecule has 0 unspecified atom stereocenters. The number of rotatable bonds is 9. The van der Waals surface area contributed by atoms with E-state index < -0.39 is 28.0 Å². The van der Waals surface area contributed by atoms with E-state index in [0.29, 0.717) is 28.5 Å². The van der Waals surface area contributed by atoms with Crippen LogP contribution in [0.25, 0.3) is 0 Å². The zero-order chi connectivity index (χ0) is 22.5. The van der Waals surface area contributed by atoms with Gasteiger partial charge in [0.05, 0.1) is 39.3 Å². The molecule has 30 heavy (non-hydrogen) atoms. The van der Waals surface area contributed by atoms with Crippen LogP contribution in [0.2, 0.25) is 0 Å². The largest absolute Gasteiger partial charge is 0.497 e. The number of nitrogens with one attached hydrogen (secondary N) is 1. The SMILES string of the molecule is COc1ccc(N([C@@H](C)C(=O)N[C@@H](C)c2cc(OC)ccc2OC)S(C)(=O)=O)cc1. The number of carbonyl (C=O) groups excluding carboxylic acids is 1. The summed E-state index contributed by atoms with van der Waals surface area (Å²) in [6.07, 6.45) is 1.07. The fraction of sp³-hybridized carbons (Fsp3) is 0.381. The van der Waals surface area contributed by atoms with Crippen LogP contribution in [0.3, 0.4) is 0 Å². The maximum absolute atomic E-state index is 13.0. The minimum atomic E-state index is -3.72. The Morgan fingerprint density at radius 2 is 1.50 bits per heavy atom. The molecule has 0 saturated heterocycles. The molecule has 164 valence electrons. The third kappa shape index (κ3) is 5.35. The monoisotopic (exact) mass is 436 g/mol. The lowest BCUT2D eigenvalue weighted by Crippen LogP contribution is -2.48. The second-order valence-electron chi connectivity index (χ2n) is 6.77. The molecule has 0 aliphatic heterocycles. The third-order valence-corrected chi connectivity index (χ3v) is 5.92. The number of benzene rings is 2. The van der Waals surface area contributed by atoms with Gasteiger partial charge in [0.1, 0.15) is 23.3 Å². The molecule has 2 aromatic rings. The number of nitrogens with zero attached hydrogens (tertiary/aromatic N) is 1. The number of amides is 1. The molecule has 0 radical (unpaired) electrons. The van der Waals surface area contributed by atoms with Gasteiger partial charge in [-0.1, -0.05) is 0 Å². The zero-order valence-corrected chi connectivity index (χ0v) is 18.8. The molecule has 2 atom stereocenters. The Bertz CT molecular complexity index is 975. The van der Waals surface area contributed by atoms with E-state index in [9.17, 15) is 13.2 Å². The topological polar surface area (TPSA) is 94.2 Å². The van der Waals surface area contributed by atoms with Crippen LogP contribution in [0.5, 0.6) is 17.2 Å². The second-order valence-corrected chi connectivity index (χ2v) is 8.63. The molecule has 0 fully saturated rings. The van der Waals surface area contributed by atoms with Gasteiger partial charge in [0, 0.05) is 5.56 Å². The van der Waals surface area contributed by atoms with E-state index in [1.165, 1.54) is 21.1 Å². The molecular weight excluding hydrogens is 408 g/mol. The maximum atomic E-state index is 13.0. The summed E-state index contributed by atoms with van der Waals surface area (Å²) in [4.78, 5) is 13.0. The molecule has 0 spiro atoms. The van der Waals surface area contributed by atoms with E-state index in [1.807, 2.05) is 0 Å². The summed E-state index contributed by atoms with van der Waals surface area (Å²) in [5.74, 6) is 1.35. The second kappa shape index (κ2) is 9.71. The predicted octanol–water partition coefficient (Wildman–Crippen LogP) is 2.74. The van der Waals surface area contributed by atoms with Gasteiger partial charge < -0.3 is 19.5 Å². The molecule has 9 heteroatoms. The summed E-state index contributed by atoms with van der Waals surface area (Å²) in [5, 5.41) is 2.86. The van der Waals surface area contributed by atoms with Gasteiger partial charge >= 0.3 is 0 Å². The van der Waals surface area contributed by atoms with Gasteiger partial charge in [-0.25, -0.2) is 8.42 Å². The molecular formula is C21H28N2O6S. The van der Waals surface area contributed by atoms with Gasteiger partial charge in [0.25, 0.3) is 0 Å². The molecule has 0 heterocycles. The van der Waals surface area contributed by atoms with Crippen molar-refractivity contribution in [3.63, 3.8) is 0 Å². The van der Waals surface area contributed by atoms with Crippen LogP contribution in [0.1, 0.15) is 25.5 Å². The van der Waals surface area contributed by atoms with E-state index in [4.69, 9.17) is 14.2 Å². The van der Waals surface area contributed by atoms with Crippen LogP contribution in [-0.2, 0) is 14.8 Å². The van der Waals surface area contributed by atoms with Crippen molar-refractivity contribution in [2.75, 3.05) is 31.9 Å². The highest BCUT2D eigenvalue weighted by atomic mass is 32.2. The van der Waals surface area contributed by atoms with Crippen molar-refractivity contribution in [1.82, 2.24) is 5.32 Å². The highest BCUT2D eigenvalue weighted by Gasteiger charge is 2.30. The zero-order valence-electron chi connectivity index (χ0n) is 18.0. The number of methoxy groups -OCH3 is 3. The summed E-state index contributed by atoms with van der Waals surface area (Å²) in [6, 6.07) is 10.3. The fourth-order valence-electron chi connectivity index (χ4n) is 3.13. The minimum absolute atomic E-state index is 0.368. The standard InChI is InChI=1S/C21H28N2O6S/c1-14(19-13-18(28-4)11-12-20(19)29-5)22-21(24)15(2)23(30(6,25)26)16-7-9-17(27-3)10-8-16/h7-15H,1-6H3,(H,22,24)/t14-,15-/m0/s1. The molecule has 0 bridgehead atoms. The van der Waals surface area contributed by atoms with Crippen molar-refractivity contribution in [3.05, 3.63) is 48.0 Å². The number of hydrogen-bond donors (Lipinski definition) is 1. The normalized spacial score (nSPS) is 13.1. The number of hydrogen-bond acceptors (Lipinski definition) is 6. The Hall–Kier alpha value is -2.94. The summed E-state index contributed by atoms with van der Waals surface area (Å²) < 4.78 is 41.7. The Morgan fingerprint density at radius 3 is 2.00 bits per heavy atom. The van der Waals surface area contributed by atoms with Gasteiger partial charge in [-0.2, -0.15) is 0 Å². The summed E-state index contributed by atoms with van der Waals surface area (Å²) in [5.41, 5.74) is 1.08. The lowest BCUT2D eigenvalue weighted by molar-refractivity contribution is -0.122. The number of sulfonamides is 1. The van der Waals surface area contributed by atoms with Gasteiger partial charge in [-0.15, -0.1) is 0 Å². The minimum Gasteiger partial charge on any atom is -0.497 e. The first-order valence-corrected chi connectivity index (χ1v) is 11.1. The van der Waals surface area contributed by atoms with E-state index in [-0.39, 0.29) is 0 Å². The average Bonchev–Trinajstić information content (AvgIpc) is 2.72. The Kier molecular flexibility index (Phi) is 7.55. The smallest absolute Gasteiger partial charge is 0.244 e. The molecule has 2 aromatic carbocycles. The molecule has 2 rings (SSSR count). The fourth-order valence-corrected chi connectivity index (χ4v) is 4.30. The van der Waals surface area contributed by atoms with E-state index in [0.717, 1.165) is 10.6 Å². The highest BCUT2D eigenvalue weighted by molar-refractivity contribution is 7.92. The summed E-state index contributed by atoms with van der Waals surface area (Å²) >= 11 is 0. The van der Waals surface area contributed by atoms with Crippen LogP contribution in [0, 0.1) is 0 Å². The van der Waals surface area contributed by atoms with Crippen molar-refractivity contribution in [2.45, 2.75) is 25.9 Å². The third-order valence-electron chi connectivity index (χ3n) is 4.68. The van der Waals surface area contributed by atoms with Crippen LogP contribution in [0.15, 0.2) is 42.5 Å². The van der Waals surface area contributed by atoms with Gasteiger partial charge in [-0.3, -0.25) is 9.10 Å². The molecule has 0 saturated carbocycles. The molecule has 0 aliphatic rings. The van der Waals surface area contributed by atoms with Crippen LogP contribution < -0.4 is 23.8 Å². The van der Waals surface area contributed by atoms with Gasteiger partial charge in [0.15, 0.2) is 0 Å². The van der Waals surface area contributed by atoms with E-state index >= 15 is 0 Å². The van der Waals surface area contributed by atoms with E-state index in [2.05, 4.69) is 5.32 Å². The van der Waals surface area contributed by atoms with Crippen LogP contribution >= 0.6 is 0 Å². The molecule has 0 aromatic heterocycles. The molecule has 8 nitrogen and oxygen atoms in total. The predicted molar refractivity (Wildman–Crippen MR) is 116 cm³/mol. The number of anilines is 1. The van der Waals surface area contributed by atoms with Crippen LogP contribution in [-0.4, -0.2) is 48.0 Å². The highest BCUT2D eigenvalue weighted by Crippen LogP contribution is 2.30. The Balaban J connectivity index is 2.29. The number of carbonyl (C=O) groups is 1. The van der Waals surface area contributed by atoms with Gasteiger partial charge in [-0.05, 0) is 56.3 Å². The van der Waals surface area contributed by atoms with Gasteiger partial charge in [0.2, 0.25) is 15.9 Å². The lowest BCUT2D eigenvalue weighted by atomic mass is 10.1. The average molecular weight is 437 g/mol. The first-order chi connectivity index (χ1) is 14.1. The van der Waals surface area contributed by atoms with Crippen molar-refractivity contribution in [3.8, 4) is 17.2 Å².